The number of nitrogens with one attached hydrogen (secondary N) is 1. The Kier molecular flexibility index (Phi) is 6.12. The second kappa shape index (κ2) is 8.71. The molecular formula is C19H21N3O3S. The van der Waals surface area contributed by atoms with Crippen LogP contribution < -0.4 is 5.32 Å². The molecule has 0 fully saturated rings. The first-order valence-corrected chi connectivity index (χ1v) is 9.44. The molecule has 0 aliphatic rings. The average Bonchev–Trinajstić information content (AvgIpc) is 3.27. The van der Waals surface area contributed by atoms with Crippen molar-refractivity contribution >= 4 is 17.7 Å². The monoisotopic (exact) mass is 371 g/mol. The van der Waals surface area contributed by atoms with Gasteiger partial charge in [0.05, 0.1) is 17.6 Å². The van der Waals surface area contributed by atoms with Crippen LogP contribution in [-0.2, 0) is 11.2 Å². The molecular weight excluding hydrogens is 350 g/mol. The minimum absolute atomic E-state index is 0.0465. The highest BCUT2D eigenvalue weighted by Gasteiger charge is 2.15. The molecule has 136 valence electrons. The maximum absolute atomic E-state index is 12.1. The van der Waals surface area contributed by atoms with E-state index in [4.69, 9.17) is 8.83 Å². The third-order valence-corrected chi connectivity index (χ3v) is 4.76. The lowest BCUT2D eigenvalue weighted by molar-refractivity contribution is -0.119. The van der Waals surface area contributed by atoms with Crippen molar-refractivity contribution in [2.75, 3.05) is 5.75 Å². The van der Waals surface area contributed by atoms with Crippen LogP contribution in [-0.4, -0.2) is 27.9 Å². The summed E-state index contributed by atoms with van der Waals surface area (Å²) < 4.78 is 10.8. The third kappa shape index (κ3) is 4.98. The predicted octanol–water partition coefficient (Wildman–Crippen LogP) is 3.87. The lowest BCUT2D eigenvalue weighted by atomic mass is 10.1. The summed E-state index contributed by atoms with van der Waals surface area (Å²) in [5.41, 5.74) is 2.04. The van der Waals surface area contributed by atoms with Crippen molar-refractivity contribution in [2.24, 2.45) is 0 Å². The number of nitrogens with zero attached hydrogens (tertiary/aromatic N) is 2. The van der Waals surface area contributed by atoms with Crippen molar-refractivity contribution in [3.63, 3.8) is 0 Å². The molecule has 0 unspecified atom stereocenters. The van der Waals surface area contributed by atoms with Crippen molar-refractivity contribution in [2.45, 2.75) is 38.0 Å². The molecule has 0 aliphatic heterocycles. The van der Waals surface area contributed by atoms with Gasteiger partial charge < -0.3 is 14.2 Å². The van der Waals surface area contributed by atoms with Crippen molar-refractivity contribution < 1.29 is 13.6 Å². The lowest BCUT2D eigenvalue weighted by Gasteiger charge is -2.13. The second-order valence-corrected chi connectivity index (χ2v) is 6.97. The quantitative estimate of drug-likeness (QED) is 0.606. The van der Waals surface area contributed by atoms with Crippen LogP contribution in [0.1, 0.15) is 24.7 Å². The molecule has 6 nitrogen and oxygen atoms in total. The predicted molar refractivity (Wildman–Crippen MR) is 99.8 cm³/mol. The number of furan rings is 1. The Hall–Kier alpha value is -2.54. The Morgan fingerprint density at radius 2 is 2.04 bits per heavy atom. The molecule has 26 heavy (non-hydrogen) atoms. The zero-order chi connectivity index (χ0) is 18.4. The first-order valence-electron chi connectivity index (χ1n) is 8.46. The summed E-state index contributed by atoms with van der Waals surface area (Å²) in [5.74, 6) is 1.31. The zero-order valence-electron chi connectivity index (χ0n) is 14.8. The van der Waals surface area contributed by atoms with E-state index in [9.17, 15) is 4.79 Å². The van der Waals surface area contributed by atoms with Crippen LogP contribution in [0.25, 0.3) is 11.5 Å². The largest absolute Gasteiger partial charge is 0.469 e. The number of benzene rings is 1. The maximum Gasteiger partial charge on any atom is 0.277 e. The Bertz CT molecular complexity index is 845. The van der Waals surface area contributed by atoms with Crippen molar-refractivity contribution in [1.82, 2.24) is 15.5 Å². The van der Waals surface area contributed by atoms with Gasteiger partial charge in [0, 0.05) is 6.04 Å². The number of hydrogen-bond acceptors (Lipinski definition) is 6. The average molecular weight is 371 g/mol. The van der Waals surface area contributed by atoms with Gasteiger partial charge in [-0.15, -0.1) is 10.2 Å². The summed E-state index contributed by atoms with van der Waals surface area (Å²) in [6, 6.07) is 12.1. The van der Waals surface area contributed by atoms with E-state index in [2.05, 4.69) is 27.6 Å². The molecule has 3 aromatic rings. The summed E-state index contributed by atoms with van der Waals surface area (Å²) >= 11 is 1.23. The number of thioether (sulfide) groups is 1. The van der Waals surface area contributed by atoms with E-state index in [0.717, 1.165) is 24.2 Å². The topological polar surface area (TPSA) is 81.2 Å². The third-order valence-electron chi connectivity index (χ3n) is 3.94. The fraction of sp³-hybridized carbons (Fsp3) is 0.316. The Morgan fingerprint density at radius 1 is 1.23 bits per heavy atom. The fourth-order valence-electron chi connectivity index (χ4n) is 2.53. The van der Waals surface area contributed by atoms with Crippen molar-refractivity contribution in [1.29, 1.82) is 0 Å². The van der Waals surface area contributed by atoms with E-state index in [0.29, 0.717) is 11.1 Å². The van der Waals surface area contributed by atoms with Crippen LogP contribution in [0, 0.1) is 6.92 Å². The number of amides is 1. The smallest absolute Gasteiger partial charge is 0.277 e. The number of aryl methyl sites for hydroxylation is 2. The van der Waals surface area contributed by atoms with Crippen LogP contribution in [0.2, 0.25) is 0 Å². The lowest BCUT2D eigenvalue weighted by Crippen LogP contribution is -2.34. The van der Waals surface area contributed by atoms with Crippen molar-refractivity contribution in [3.8, 4) is 11.5 Å². The van der Waals surface area contributed by atoms with E-state index in [1.54, 1.807) is 12.3 Å². The molecule has 1 N–H and O–H groups in total. The van der Waals surface area contributed by atoms with Gasteiger partial charge in [0.1, 0.15) is 5.76 Å². The molecule has 0 radical (unpaired) electrons. The van der Waals surface area contributed by atoms with E-state index < -0.39 is 0 Å². The minimum atomic E-state index is -0.0465. The van der Waals surface area contributed by atoms with Crippen LogP contribution in [0.15, 0.2) is 56.7 Å². The molecule has 0 saturated carbocycles. The SMILES string of the molecule is Cc1occc1-c1nnc(SCC(=O)N[C@@H](C)CCc2ccccc2)o1. The highest BCUT2D eigenvalue weighted by molar-refractivity contribution is 7.99. The standard InChI is InChI=1S/C19H21N3O3S/c1-13(8-9-15-6-4-3-5-7-15)20-17(23)12-26-19-22-21-18(25-19)16-10-11-24-14(16)2/h3-7,10-11,13H,8-9,12H2,1-2H3,(H,20,23)/t13-/m0/s1. The molecule has 0 bridgehead atoms. The van der Waals surface area contributed by atoms with Gasteiger partial charge in [0.15, 0.2) is 0 Å². The summed E-state index contributed by atoms with van der Waals surface area (Å²) in [7, 11) is 0. The van der Waals surface area contributed by atoms with Crippen LogP contribution in [0.3, 0.4) is 0 Å². The maximum atomic E-state index is 12.1. The molecule has 1 amide bonds. The normalized spacial score (nSPS) is 12.1. The number of rotatable bonds is 8. The highest BCUT2D eigenvalue weighted by atomic mass is 32.2. The molecule has 2 heterocycles. The molecule has 0 aliphatic carbocycles. The number of carbonyl (C=O) groups is 1. The van der Waals surface area contributed by atoms with Gasteiger partial charge in [-0.1, -0.05) is 42.1 Å². The summed E-state index contributed by atoms with van der Waals surface area (Å²) in [5, 5.41) is 11.3. The molecule has 1 atom stereocenters. The Balaban J connectivity index is 1.42. The van der Waals surface area contributed by atoms with Gasteiger partial charge in [0.25, 0.3) is 11.1 Å². The molecule has 0 saturated heterocycles. The molecule has 2 aromatic heterocycles. The van der Waals surface area contributed by atoms with Gasteiger partial charge in [-0.05, 0) is 38.3 Å². The summed E-state index contributed by atoms with van der Waals surface area (Å²) in [4.78, 5) is 12.1. The molecule has 3 rings (SSSR count). The number of hydrogen-bond donors (Lipinski definition) is 1. The molecule has 1 aromatic carbocycles. The second-order valence-electron chi connectivity index (χ2n) is 6.05. The van der Waals surface area contributed by atoms with Gasteiger partial charge >= 0.3 is 0 Å². The van der Waals surface area contributed by atoms with Gasteiger partial charge in [-0.2, -0.15) is 0 Å². The minimum Gasteiger partial charge on any atom is -0.469 e. The van der Waals surface area contributed by atoms with E-state index in [1.807, 2.05) is 32.0 Å². The van der Waals surface area contributed by atoms with E-state index >= 15 is 0 Å². The van der Waals surface area contributed by atoms with Gasteiger partial charge in [-0.3, -0.25) is 4.79 Å². The molecule has 0 spiro atoms. The number of carbonyl (C=O) groups excluding carboxylic acids is 1. The summed E-state index contributed by atoms with van der Waals surface area (Å²) in [6.45, 7) is 3.84. The van der Waals surface area contributed by atoms with E-state index in [-0.39, 0.29) is 17.7 Å². The summed E-state index contributed by atoms with van der Waals surface area (Å²) in [6.07, 6.45) is 3.41. The van der Waals surface area contributed by atoms with Crippen LogP contribution in [0.5, 0.6) is 0 Å². The first-order chi connectivity index (χ1) is 12.6. The highest BCUT2D eigenvalue weighted by Crippen LogP contribution is 2.26. The van der Waals surface area contributed by atoms with Crippen LogP contribution >= 0.6 is 11.8 Å². The van der Waals surface area contributed by atoms with Crippen molar-refractivity contribution in [3.05, 3.63) is 54.0 Å². The molecule has 7 heteroatoms. The van der Waals surface area contributed by atoms with Gasteiger partial charge in [-0.25, -0.2) is 0 Å². The fourth-order valence-corrected chi connectivity index (χ4v) is 3.10. The Morgan fingerprint density at radius 3 is 2.77 bits per heavy atom. The van der Waals surface area contributed by atoms with Gasteiger partial charge in [0.2, 0.25) is 5.91 Å². The Labute approximate surface area is 156 Å². The first kappa shape index (κ1) is 18.3. The van der Waals surface area contributed by atoms with Crippen LogP contribution in [0.4, 0.5) is 0 Å². The van der Waals surface area contributed by atoms with E-state index in [1.165, 1.54) is 17.3 Å². The number of aromatic nitrogens is 2. The zero-order valence-corrected chi connectivity index (χ0v) is 15.6.